The molecule has 2 heterocycles. The fraction of sp³-hybridized carbons (Fsp3) is 0.737. The van der Waals surface area contributed by atoms with Crippen molar-refractivity contribution in [3.05, 3.63) is 11.9 Å². The molecule has 1 unspecified atom stereocenters. The van der Waals surface area contributed by atoms with Gasteiger partial charge in [-0.1, -0.05) is 12.1 Å². The third kappa shape index (κ3) is 8.86. The molecule has 1 aromatic heterocycles. The highest BCUT2D eigenvalue weighted by Crippen LogP contribution is 2.12. The summed E-state index contributed by atoms with van der Waals surface area (Å²) in [6.07, 6.45) is 2.30. The van der Waals surface area contributed by atoms with E-state index < -0.39 is 6.04 Å². The minimum atomic E-state index is -0.531. The van der Waals surface area contributed by atoms with Crippen molar-refractivity contribution in [3.8, 4) is 0 Å². The van der Waals surface area contributed by atoms with Crippen molar-refractivity contribution >= 4 is 17.7 Å². The Bertz CT molecular complexity index is 738. The van der Waals surface area contributed by atoms with Crippen LogP contribution < -0.4 is 10.6 Å². The smallest absolute Gasteiger partial charge is 0.248 e. The summed E-state index contributed by atoms with van der Waals surface area (Å²) >= 11 is 0. The Labute approximate surface area is 186 Å². The van der Waals surface area contributed by atoms with Gasteiger partial charge in [0.15, 0.2) is 0 Å². The van der Waals surface area contributed by atoms with Crippen molar-refractivity contribution in [3.63, 3.8) is 0 Å². The van der Waals surface area contributed by atoms with Crippen LogP contribution in [0, 0.1) is 0 Å². The van der Waals surface area contributed by atoms with Crippen LogP contribution in [0.1, 0.15) is 19.0 Å². The van der Waals surface area contributed by atoms with Crippen LogP contribution in [0.5, 0.6) is 0 Å². The molecule has 180 valence electrons. The number of carbonyl (C=O) groups is 3. The van der Waals surface area contributed by atoms with E-state index in [1.54, 1.807) is 11.1 Å². The normalized spacial score (nSPS) is 14.7. The second-order valence-electron chi connectivity index (χ2n) is 7.38. The molecule has 1 saturated heterocycles. The van der Waals surface area contributed by atoms with Gasteiger partial charge < -0.3 is 34.9 Å². The lowest BCUT2D eigenvalue weighted by Gasteiger charge is -2.39. The number of methoxy groups -OCH3 is 1. The molecule has 0 spiro atoms. The van der Waals surface area contributed by atoms with E-state index in [9.17, 15) is 19.5 Å². The van der Waals surface area contributed by atoms with Gasteiger partial charge in [0.1, 0.15) is 25.5 Å². The van der Waals surface area contributed by atoms with Gasteiger partial charge in [-0.15, -0.1) is 5.10 Å². The topological polar surface area (TPSA) is 157 Å². The Morgan fingerprint density at radius 3 is 2.75 bits per heavy atom. The predicted molar refractivity (Wildman–Crippen MR) is 110 cm³/mol. The van der Waals surface area contributed by atoms with Gasteiger partial charge in [0, 0.05) is 26.7 Å². The first-order chi connectivity index (χ1) is 15.4. The fourth-order valence-electron chi connectivity index (χ4n) is 2.82. The van der Waals surface area contributed by atoms with E-state index in [4.69, 9.17) is 14.2 Å². The van der Waals surface area contributed by atoms with Crippen LogP contribution in [0.25, 0.3) is 0 Å². The molecule has 32 heavy (non-hydrogen) atoms. The van der Waals surface area contributed by atoms with Crippen molar-refractivity contribution in [2.45, 2.75) is 38.6 Å². The number of nitrogens with zero attached hydrogens (tertiary/aromatic N) is 4. The summed E-state index contributed by atoms with van der Waals surface area (Å²) in [6, 6.07) is -0.531. The van der Waals surface area contributed by atoms with Crippen molar-refractivity contribution in [2.75, 3.05) is 53.2 Å². The molecule has 0 bridgehead atoms. The highest BCUT2D eigenvalue weighted by molar-refractivity contribution is 5.78. The molecule has 1 aliphatic rings. The van der Waals surface area contributed by atoms with E-state index in [1.165, 1.54) is 11.8 Å². The van der Waals surface area contributed by atoms with Crippen LogP contribution in [-0.4, -0.2) is 108 Å². The van der Waals surface area contributed by atoms with E-state index >= 15 is 0 Å². The molecule has 3 amide bonds. The number of aliphatic hydroxyl groups excluding tert-OH is 1. The second-order valence-corrected chi connectivity index (χ2v) is 7.38. The van der Waals surface area contributed by atoms with E-state index in [1.807, 2.05) is 6.92 Å². The Kier molecular flexibility index (Phi) is 11.0. The largest absolute Gasteiger partial charge is 0.394 e. The molecule has 0 aromatic carbocycles. The first-order valence-electron chi connectivity index (χ1n) is 10.5. The van der Waals surface area contributed by atoms with Crippen LogP contribution in [0.4, 0.5) is 0 Å². The Hall–Kier alpha value is -2.61. The number of likely N-dealkylation sites (tertiary alicyclic amines) is 1. The fourth-order valence-corrected chi connectivity index (χ4v) is 2.82. The summed E-state index contributed by atoms with van der Waals surface area (Å²) in [5.74, 6) is -0.655. The van der Waals surface area contributed by atoms with Gasteiger partial charge >= 0.3 is 0 Å². The number of amides is 3. The van der Waals surface area contributed by atoms with Gasteiger partial charge in [-0.25, -0.2) is 4.68 Å². The zero-order chi connectivity index (χ0) is 23.3. The van der Waals surface area contributed by atoms with Gasteiger partial charge in [-0.3, -0.25) is 14.4 Å². The van der Waals surface area contributed by atoms with Gasteiger partial charge in [0.2, 0.25) is 17.7 Å². The molecule has 0 saturated carbocycles. The minimum Gasteiger partial charge on any atom is -0.394 e. The van der Waals surface area contributed by atoms with Gasteiger partial charge in [0.25, 0.3) is 0 Å². The third-order valence-corrected chi connectivity index (χ3v) is 4.53. The van der Waals surface area contributed by atoms with E-state index in [-0.39, 0.29) is 63.4 Å². The molecule has 0 radical (unpaired) electrons. The number of ether oxygens (including phenoxy) is 3. The van der Waals surface area contributed by atoms with Gasteiger partial charge in [-0.2, -0.15) is 0 Å². The summed E-state index contributed by atoms with van der Waals surface area (Å²) < 4.78 is 17.2. The summed E-state index contributed by atoms with van der Waals surface area (Å²) in [6.45, 7) is 3.28. The lowest BCUT2D eigenvalue weighted by molar-refractivity contribution is -0.151. The number of aliphatic hydroxyl groups is 1. The zero-order valence-electron chi connectivity index (χ0n) is 18.5. The van der Waals surface area contributed by atoms with Crippen LogP contribution in [0.15, 0.2) is 6.20 Å². The van der Waals surface area contributed by atoms with Crippen LogP contribution >= 0.6 is 0 Å². The maximum atomic E-state index is 12.2. The van der Waals surface area contributed by atoms with E-state index in [0.29, 0.717) is 25.3 Å². The third-order valence-electron chi connectivity index (χ3n) is 4.53. The average Bonchev–Trinajstić information content (AvgIpc) is 3.17. The summed E-state index contributed by atoms with van der Waals surface area (Å²) in [7, 11) is 1.41. The van der Waals surface area contributed by atoms with Crippen LogP contribution in [0.3, 0.4) is 0 Å². The number of hydrogen-bond acceptors (Lipinski definition) is 9. The molecule has 2 rings (SSSR count). The number of nitrogens with one attached hydrogen (secondary N) is 2. The van der Waals surface area contributed by atoms with E-state index in [0.717, 1.165) is 6.42 Å². The number of rotatable bonds is 15. The monoisotopic (exact) mass is 456 g/mol. The molecule has 3 N–H and O–H groups in total. The molecule has 1 aliphatic heterocycles. The number of aromatic nitrogens is 3. The average molecular weight is 457 g/mol. The number of hydrogen-bond donors (Lipinski definition) is 3. The lowest BCUT2D eigenvalue weighted by Crippen LogP contribution is -2.56. The molecule has 1 fully saturated rings. The van der Waals surface area contributed by atoms with Crippen LogP contribution in [0.2, 0.25) is 0 Å². The van der Waals surface area contributed by atoms with Crippen molar-refractivity contribution < 1.29 is 33.7 Å². The standard InChI is InChI=1S/C19H32N6O7/c1-3-4-20-17(27)8-25-5-14(22-23-25)10-31-13-19(29)24-6-16(7-24)32-11-15(9-26)21-18(28)12-30-2/h5,15-16,26H,3-4,6-13H2,1-2H3,(H,20,27)(H,21,28). The quantitative estimate of drug-likeness (QED) is 0.263. The molecule has 1 aromatic rings. The SMILES string of the molecule is CCCNC(=O)Cn1cc(COCC(=O)N2CC(OCC(CO)NC(=O)COC)C2)nn1. The summed E-state index contributed by atoms with van der Waals surface area (Å²) in [5.41, 5.74) is 0.525. The Balaban J connectivity index is 1.58. The Morgan fingerprint density at radius 2 is 2.06 bits per heavy atom. The molecule has 0 aliphatic carbocycles. The van der Waals surface area contributed by atoms with E-state index in [2.05, 4.69) is 20.9 Å². The van der Waals surface area contributed by atoms with Crippen molar-refractivity contribution in [2.24, 2.45) is 0 Å². The van der Waals surface area contributed by atoms with Gasteiger partial charge in [-0.05, 0) is 6.42 Å². The van der Waals surface area contributed by atoms with Crippen LogP contribution in [-0.2, 0) is 41.7 Å². The highest BCUT2D eigenvalue weighted by atomic mass is 16.5. The van der Waals surface area contributed by atoms with Crippen molar-refractivity contribution in [1.29, 1.82) is 0 Å². The molecular weight excluding hydrogens is 424 g/mol. The maximum absolute atomic E-state index is 12.2. The Morgan fingerprint density at radius 1 is 1.28 bits per heavy atom. The molecule has 1 atom stereocenters. The first kappa shape index (κ1) is 25.6. The first-order valence-corrected chi connectivity index (χ1v) is 10.5. The second kappa shape index (κ2) is 13.7. The summed E-state index contributed by atoms with van der Waals surface area (Å²) in [5, 5.41) is 22.4. The van der Waals surface area contributed by atoms with Crippen molar-refractivity contribution in [1.82, 2.24) is 30.5 Å². The highest BCUT2D eigenvalue weighted by Gasteiger charge is 2.31. The van der Waals surface area contributed by atoms with Gasteiger partial charge in [0.05, 0.1) is 38.2 Å². The summed E-state index contributed by atoms with van der Waals surface area (Å²) in [4.78, 5) is 36.9. The minimum absolute atomic E-state index is 0.0777. The predicted octanol–water partition coefficient (Wildman–Crippen LogP) is -2.33. The molecular formula is C19H32N6O7. The molecule has 13 nitrogen and oxygen atoms in total. The molecule has 13 heteroatoms. The zero-order valence-corrected chi connectivity index (χ0v) is 18.5. The maximum Gasteiger partial charge on any atom is 0.248 e. The lowest BCUT2D eigenvalue weighted by atomic mass is 10.1. The number of carbonyl (C=O) groups excluding carboxylic acids is 3.